The first kappa shape index (κ1) is 11.5. The lowest BCUT2D eigenvalue weighted by molar-refractivity contribution is 0.697. The highest BCUT2D eigenvalue weighted by atomic mass is 79.9. The van der Waals surface area contributed by atoms with E-state index in [0.717, 1.165) is 10.7 Å². The summed E-state index contributed by atoms with van der Waals surface area (Å²) in [6, 6.07) is 17.4. The zero-order chi connectivity index (χ0) is 11.9. The number of hydrogen-bond donors (Lipinski definition) is 0. The van der Waals surface area contributed by atoms with Gasteiger partial charge in [0, 0.05) is 16.1 Å². The molecule has 3 rings (SSSR count). The third kappa shape index (κ3) is 1.47. The number of rotatable bonds is 2. The lowest BCUT2D eigenvalue weighted by Crippen LogP contribution is -2.28. The van der Waals surface area contributed by atoms with Crippen molar-refractivity contribution in [2.75, 3.05) is 10.7 Å². The molecule has 0 bridgehead atoms. The minimum absolute atomic E-state index is 0.0766. The van der Waals surface area contributed by atoms with Crippen molar-refractivity contribution in [1.29, 1.82) is 0 Å². The van der Waals surface area contributed by atoms with Gasteiger partial charge in [0.25, 0.3) is 0 Å². The molecule has 0 nitrogen and oxygen atoms in total. The highest BCUT2D eigenvalue weighted by Gasteiger charge is 2.41. The number of benzene rings is 2. The third-order valence-corrected chi connectivity index (χ3v) is 5.55. The van der Waals surface area contributed by atoms with Crippen molar-refractivity contribution in [3.8, 4) is 11.1 Å². The van der Waals surface area contributed by atoms with Gasteiger partial charge in [-0.05, 0) is 22.3 Å². The van der Waals surface area contributed by atoms with Crippen LogP contribution < -0.4 is 0 Å². The first-order chi connectivity index (χ1) is 8.33. The molecule has 2 aromatic carbocycles. The smallest absolute Gasteiger partial charge is 0.0408 e. The Morgan fingerprint density at radius 3 is 1.53 bits per heavy atom. The van der Waals surface area contributed by atoms with E-state index in [1.165, 1.54) is 22.3 Å². The molecule has 0 N–H and O–H groups in total. The number of fused-ring (bicyclic) bond motifs is 3. The van der Waals surface area contributed by atoms with Crippen LogP contribution in [0.5, 0.6) is 0 Å². The number of alkyl halides is 2. The Labute approximate surface area is 118 Å². The van der Waals surface area contributed by atoms with E-state index in [9.17, 15) is 0 Å². The van der Waals surface area contributed by atoms with E-state index >= 15 is 0 Å². The summed E-state index contributed by atoms with van der Waals surface area (Å²) in [4.78, 5) is 0. The second kappa shape index (κ2) is 4.25. The van der Waals surface area contributed by atoms with Crippen LogP contribution in [0, 0.1) is 0 Å². The Balaban J connectivity index is 2.38. The first-order valence-corrected chi connectivity index (χ1v) is 7.89. The zero-order valence-corrected chi connectivity index (χ0v) is 12.5. The van der Waals surface area contributed by atoms with E-state index in [1.807, 2.05) is 0 Å². The Hall–Kier alpha value is -0.600. The van der Waals surface area contributed by atoms with Crippen LogP contribution in [0.1, 0.15) is 11.1 Å². The van der Waals surface area contributed by atoms with Crippen LogP contribution >= 0.6 is 31.9 Å². The summed E-state index contributed by atoms with van der Waals surface area (Å²) in [5.41, 5.74) is 5.68. The van der Waals surface area contributed by atoms with E-state index in [1.54, 1.807) is 0 Å². The second-order valence-electron chi connectivity index (χ2n) is 4.44. The Kier molecular flexibility index (Phi) is 2.87. The number of hydrogen-bond acceptors (Lipinski definition) is 0. The largest absolute Gasteiger partial charge is 0.0914 e. The summed E-state index contributed by atoms with van der Waals surface area (Å²) < 4.78 is 0. The molecule has 1 aliphatic rings. The molecular formula is C15H12Br2. The Bertz CT molecular complexity index is 509. The maximum absolute atomic E-state index is 3.70. The molecule has 0 atom stereocenters. The maximum atomic E-state index is 3.70. The molecule has 0 unspecified atom stereocenters. The van der Waals surface area contributed by atoms with Gasteiger partial charge in [0.2, 0.25) is 0 Å². The van der Waals surface area contributed by atoms with Crippen LogP contribution in [-0.2, 0) is 5.41 Å². The number of halogens is 2. The average molecular weight is 352 g/mol. The predicted molar refractivity (Wildman–Crippen MR) is 80.2 cm³/mol. The van der Waals surface area contributed by atoms with Gasteiger partial charge < -0.3 is 0 Å². The van der Waals surface area contributed by atoms with Crippen molar-refractivity contribution in [2.45, 2.75) is 5.41 Å². The minimum Gasteiger partial charge on any atom is -0.0914 e. The highest BCUT2D eigenvalue weighted by molar-refractivity contribution is 9.09. The van der Waals surface area contributed by atoms with E-state index in [0.29, 0.717) is 0 Å². The van der Waals surface area contributed by atoms with Gasteiger partial charge in [-0.15, -0.1) is 0 Å². The lowest BCUT2D eigenvalue weighted by atomic mass is 9.82. The molecule has 0 aliphatic heterocycles. The van der Waals surface area contributed by atoms with E-state index in [4.69, 9.17) is 0 Å². The first-order valence-electron chi connectivity index (χ1n) is 5.65. The summed E-state index contributed by atoms with van der Waals surface area (Å²) >= 11 is 7.41. The van der Waals surface area contributed by atoms with Crippen molar-refractivity contribution in [1.82, 2.24) is 0 Å². The van der Waals surface area contributed by atoms with Crippen molar-refractivity contribution in [2.24, 2.45) is 0 Å². The zero-order valence-electron chi connectivity index (χ0n) is 9.29. The van der Waals surface area contributed by atoms with E-state index in [2.05, 4.69) is 80.4 Å². The minimum atomic E-state index is 0.0766. The topological polar surface area (TPSA) is 0 Å². The molecule has 1 aliphatic carbocycles. The molecule has 0 spiro atoms. The summed E-state index contributed by atoms with van der Waals surface area (Å²) in [5.74, 6) is 0. The molecule has 2 aromatic rings. The van der Waals surface area contributed by atoms with E-state index < -0.39 is 0 Å². The third-order valence-electron chi connectivity index (χ3n) is 3.63. The molecule has 0 fully saturated rings. The molecule has 0 saturated heterocycles. The van der Waals surface area contributed by atoms with Gasteiger partial charge in [-0.3, -0.25) is 0 Å². The Morgan fingerprint density at radius 1 is 0.706 bits per heavy atom. The van der Waals surface area contributed by atoms with Gasteiger partial charge in [0.05, 0.1) is 0 Å². The standard InChI is InChI=1S/C15H12Br2/c16-9-15(10-17)13-7-3-1-5-11(13)12-6-2-4-8-14(12)15/h1-8H,9-10H2. The molecule has 0 saturated carbocycles. The fraction of sp³-hybridized carbons (Fsp3) is 0.200. The average Bonchev–Trinajstić information content (AvgIpc) is 2.70. The summed E-state index contributed by atoms with van der Waals surface area (Å²) in [6.45, 7) is 0. The second-order valence-corrected chi connectivity index (χ2v) is 5.56. The quantitative estimate of drug-likeness (QED) is 0.685. The molecule has 17 heavy (non-hydrogen) atoms. The van der Waals surface area contributed by atoms with Crippen LogP contribution in [0.15, 0.2) is 48.5 Å². The van der Waals surface area contributed by atoms with Crippen LogP contribution in [-0.4, -0.2) is 10.7 Å². The van der Waals surface area contributed by atoms with Gasteiger partial charge in [-0.1, -0.05) is 80.4 Å². The van der Waals surface area contributed by atoms with Crippen molar-refractivity contribution >= 4 is 31.9 Å². The van der Waals surface area contributed by atoms with Gasteiger partial charge in [0.1, 0.15) is 0 Å². The molecule has 0 amide bonds. The molecule has 2 heteroatoms. The van der Waals surface area contributed by atoms with Crippen LogP contribution in [0.3, 0.4) is 0 Å². The molecular weight excluding hydrogens is 340 g/mol. The maximum Gasteiger partial charge on any atom is 0.0408 e. The fourth-order valence-electron chi connectivity index (χ4n) is 2.74. The van der Waals surface area contributed by atoms with Gasteiger partial charge >= 0.3 is 0 Å². The normalized spacial score (nSPS) is 15.4. The van der Waals surface area contributed by atoms with Crippen molar-refractivity contribution in [3.63, 3.8) is 0 Å². The van der Waals surface area contributed by atoms with E-state index in [-0.39, 0.29) is 5.41 Å². The van der Waals surface area contributed by atoms with Gasteiger partial charge in [-0.2, -0.15) is 0 Å². The van der Waals surface area contributed by atoms with Crippen molar-refractivity contribution in [3.05, 3.63) is 59.7 Å². The predicted octanol–water partition coefficient (Wildman–Crippen LogP) is 4.74. The van der Waals surface area contributed by atoms with Gasteiger partial charge in [-0.25, -0.2) is 0 Å². The molecule has 86 valence electrons. The van der Waals surface area contributed by atoms with Crippen LogP contribution in [0.25, 0.3) is 11.1 Å². The summed E-state index contributed by atoms with van der Waals surface area (Å²) in [6.07, 6.45) is 0. The summed E-state index contributed by atoms with van der Waals surface area (Å²) in [7, 11) is 0. The molecule has 0 heterocycles. The van der Waals surface area contributed by atoms with Gasteiger partial charge in [0.15, 0.2) is 0 Å². The monoisotopic (exact) mass is 350 g/mol. The molecule has 0 radical (unpaired) electrons. The van der Waals surface area contributed by atoms with Crippen molar-refractivity contribution < 1.29 is 0 Å². The molecule has 0 aromatic heterocycles. The van der Waals surface area contributed by atoms with Crippen LogP contribution in [0.2, 0.25) is 0 Å². The highest BCUT2D eigenvalue weighted by Crippen LogP contribution is 2.50. The fourth-order valence-corrected chi connectivity index (χ4v) is 4.88. The lowest BCUT2D eigenvalue weighted by Gasteiger charge is -2.27. The Morgan fingerprint density at radius 2 is 1.12 bits per heavy atom. The summed E-state index contributed by atoms with van der Waals surface area (Å²) in [5, 5.41) is 1.89. The van der Waals surface area contributed by atoms with Crippen LogP contribution in [0.4, 0.5) is 0 Å². The SMILES string of the molecule is BrCC1(CBr)c2ccccc2-c2ccccc21.